The third-order valence-electron chi connectivity index (χ3n) is 2.88. The minimum Gasteiger partial charge on any atom is -0.309 e. The molecular weight excluding hydrogens is 208 g/mol. The van der Waals surface area contributed by atoms with E-state index in [0.717, 1.165) is 12.0 Å². The summed E-state index contributed by atoms with van der Waals surface area (Å²) in [5.74, 6) is 0.714. The fraction of sp³-hybridized carbons (Fsp3) is 0.545. The first-order chi connectivity index (χ1) is 7.58. The van der Waals surface area contributed by atoms with Crippen LogP contribution in [0.2, 0.25) is 0 Å². The Morgan fingerprint density at radius 3 is 2.81 bits per heavy atom. The van der Waals surface area contributed by atoms with Crippen molar-refractivity contribution in [2.75, 3.05) is 0 Å². The van der Waals surface area contributed by atoms with Crippen LogP contribution in [0.5, 0.6) is 0 Å². The predicted octanol–water partition coefficient (Wildman–Crippen LogP) is 1.87. The SMILES string of the molecule is Cc1cc([N+](=O)[O-])c(=O)n(CCC2CC2)c1. The minimum absolute atomic E-state index is 0.323. The first-order valence-corrected chi connectivity index (χ1v) is 5.43. The Bertz CT molecular complexity index is 475. The van der Waals surface area contributed by atoms with Gasteiger partial charge in [-0.05, 0) is 24.8 Å². The molecule has 2 rings (SSSR count). The number of aryl methyl sites for hydroxylation is 2. The van der Waals surface area contributed by atoms with Gasteiger partial charge in [0, 0.05) is 18.8 Å². The molecular formula is C11H14N2O3. The molecule has 5 nitrogen and oxygen atoms in total. The molecule has 1 aromatic rings. The predicted molar refractivity (Wildman–Crippen MR) is 59.4 cm³/mol. The molecule has 86 valence electrons. The van der Waals surface area contributed by atoms with Crippen LogP contribution in [0.15, 0.2) is 17.1 Å². The van der Waals surface area contributed by atoms with Crippen LogP contribution in [0, 0.1) is 23.0 Å². The van der Waals surface area contributed by atoms with Crippen molar-refractivity contribution in [3.8, 4) is 0 Å². The summed E-state index contributed by atoms with van der Waals surface area (Å²) >= 11 is 0. The number of nitro groups is 1. The van der Waals surface area contributed by atoms with Crippen molar-refractivity contribution in [2.45, 2.75) is 32.7 Å². The number of aromatic nitrogens is 1. The van der Waals surface area contributed by atoms with Crippen LogP contribution in [0.1, 0.15) is 24.8 Å². The molecule has 0 aliphatic heterocycles. The Labute approximate surface area is 92.9 Å². The fourth-order valence-corrected chi connectivity index (χ4v) is 1.79. The molecule has 0 unspecified atom stereocenters. The lowest BCUT2D eigenvalue weighted by Crippen LogP contribution is -2.22. The van der Waals surface area contributed by atoms with E-state index in [1.165, 1.54) is 23.5 Å². The summed E-state index contributed by atoms with van der Waals surface area (Å²) < 4.78 is 1.46. The van der Waals surface area contributed by atoms with E-state index in [0.29, 0.717) is 12.5 Å². The maximum absolute atomic E-state index is 11.7. The summed E-state index contributed by atoms with van der Waals surface area (Å²) in [6.45, 7) is 2.35. The molecule has 0 spiro atoms. The second kappa shape index (κ2) is 4.08. The molecule has 1 aliphatic rings. The number of rotatable bonds is 4. The zero-order chi connectivity index (χ0) is 11.7. The molecule has 1 aliphatic carbocycles. The zero-order valence-electron chi connectivity index (χ0n) is 9.18. The van der Waals surface area contributed by atoms with Crippen LogP contribution in [-0.4, -0.2) is 9.49 Å². The molecule has 0 atom stereocenters. The van der Waals surface area contributed by atoms with E-state index < -0.39 is 10.5 Å². The van der Waals surface area contributed by atoms with Crippen molar-refractivity contribution in [2.24, 2.45) is 5.92 Å². The summed E-state index contributed by atoms with van der Waals surface area (Å²) in [6.07, 6.45) is 5.09. The number of nitrogens with zero attached hydrogens (tertiary/aromatic N) is 2. The van der Waals surface area contributed by atoms with Crippen LogP contribution in [0.3, 0.4) is 0 Å². The normalized spacial score (nSPS) is 15.1. The van der Waals surface area contributed by atoms with Gasteiger partial charge in [-0.2, -0.15) is 0 Å². The maximum Gasteiger partial charge on any atom is 0.334 e. The molecule has 0 aromatic carbocycles. The second-order valence-corrected chi connectivity index (χ2v) is 4.39. The van der Waals surface area contributed by atoms with Gasteiger partial charge in [0.15, 0.2) is 0 Å². The first kappa shape index (κ1) is 10.9. The quantitative estimate of drug-likeness (QED) is 0.577. The summed E-state index contributed by atoms with van der Waals surface area (Å²) in [6, 6.07) is 1.33. The van der Waals surface area contributed by atoms with Crippen molar-refractivity contribution >= 4 is 5.69 Å². The summed E-state index contributed by atoms with van der Waals surface area (Å²) in [7, 11) is 0. The lowest BCUT2D eigenvalue weighted by molar-refractivity contribution is -0.386. The van der Waals surface area contributed by atoms with Gasteiger partial charge in [0.05, 0.1) is 4.92 Å². The van der Waals surface area contributed by atoms with Crippen LogP contribution in [-0.2, 0) is 6.54 Å². The molecule has 1 aromatic heterocycles. The van der Waals surface area contributed by atoms with Gasteiger partial charge < -0.3 is 4.57 Å². The Kier molecular flexibility index (Phi) is 2.77. The fourth-order valence-electron chi connectivity index (χ4n) is 1.79. The van der Waals surface area contributed by atoms with E-state index in [-0.39, 0.29) is 5.69 Å². The Balaban J connectivity index is 2.28. The van der Waals surface area contributed by atoms with Gasteiger partial charge in [-0.15, -0.1) is 0 Å². The molecule has 0 N–H and O–H groups in total. The standard InChI is InChI=1S/C11H14N2O3/c1-8-6-10(13(15)16)11(14)12(7-8)5-4-9-2-3-9/h6-7,9H,2-5H2,1H3. The second-order valence-electron chi connectivity index (χ2n) is 4.39. The minimum atomic E-state index is -0.608. The molecule has 5 heteroatoms. The van der Waals surface area contributed by atoms with E-state index in [1.807, 2.05) is 0 Å². The average Bonchev–Trinajstić information content (AvgIpc) is 3.02. The van der Waals surface area contributed by atoms with Crippen molar-refractivity contribution in [3.63, 3.8) is 0 Å². The maximum atomic E-state index is 11.7. The number of hydrogen-bond acceptors (Lipinski definition) is 3. The highest BCUT2D eigenvalue weighted by Crippen LogP contribution is 2.32. The zero-order valence-corrected chi connectivity index (χ0v) is 9.18. The summed E-state index contributed by atoms with van der Waals surface area (Å²) in [5.41, 5.74) is -0.0610. The highest BCUT2D eigenvalue weighted by Gasteiger charge is 2.22. The molecule has 1 saturated carbocycles. The third kappa shape index (κ3) is 2.29. The molecule has 0 saturated heterocycles. The molecule has 0 amide bonds. The van der Waals surface area contributed by atoms with E-state index in [1.54, 1.807) is 13.1 Å². The van der Waals surface area contributed by atoms with Crippen LogP contribution < -0.4 is 5.56 Å². The average molecular weight is 222 g/mol. The van der Waals surface area contributed by atoms with E-state index in [4.69, 9.17) is 0 Å². The molecule has 1 heterocycles. The Morgan fingerprint density at radius 2 is 2.25 bits per heavy atom. The van der Waals surface area contributed by atoms with Crippen molar-refractivity contribution < 1.29 is 4.92 Å². The molecule has 0 radical (unpaired) electrons. The summed E-state index contributed by atoms with van der Waals surface area (Å²) in [5, 5.41) is 10.7. The van der Waals surface area contributed by atoms with Gasteiger partial charge in [0.25, 0.3) is 0 Å². The molecule has 16 heavy (non-hydrogen) atoms. The molecule has 0 bridgehead atoms. The number of pyridine rings is 1. The van der Waals surface area contributed by atoms with Gasteiger partial charge in [-0.25, -0.2) is 0 Å². The van der Waals surface area contributed by atoms with E-state index in [9.17, 15) is 14.9 Å². The topological polar surface area (TPSA) is 65.1 Å². The highest BCUT2D eigenvalue weighted by atomic mass is 16.6. The van der Waals surface area contributed by atoms with Crippen LogP contribution in [0.4, 0.5) is 5.69 Å². The van der Waals surface area contributed by atoms with Gasteiger partial charge >= 0.3 is 11.2 Å². The lowest BCUT2D eigenvalue weighted by atomic mass is 10.2. The van der Waals surface area contributed by atoms with Gasteiger partial charge in [-0.3, -0.25) is 14.9 Å². The van der Waals surface area contributed by atoms with Gasteiger partial charge in [0.2, 0.25) is 0 Å². The monoisotopic (exact) mass is 222 g/mol. The Hall–Kier alpha value is -1.65. The van der Waals surface area contributed by atoms with Crippen molar-refractivity contribution in [1.29, 1.82) is 0 Å². The van der Waals surface area contributed by atoms with Crippen molar-refractivity contribution in [3.05, 3.63) is 38.3 Å². The van der Waals surface area contributed by atoms with Gasteiger partial charge in [0.1, 0.15) is 0 Å². The van der Waals surface area contributed by atoms with Gasteiger partial charge in [-0.1, -0.05) is 12.8 Å². The summed E-state index contributed by atoms with van der Waals surface area (Å²) in [4.78, 5) is 21.8. The highest BCUT2D eigenvalue weighted by molar-refractivity contribution is 5.30. The Morgan fingerprint density at radius 1 is 1.56 bits per heavy atom. The smallest absolute Gasteiger partial charge is 0.309 e. The van der Waals surface area contributed by atoms with Crippen LogP contribution >= 0.6 is 0 Å². The lowest BCUT2D eigenvalue weighted by Gasteiger charge is -2.05. The van der Waals surface area contributed by atoms with Crippen molar-refractivity contribution in [1.82, 2.24) is 4.57 Å². The first-order valence-electron chi connectivity index (χ1n) is 5.43. The van der Waals surface area contributed by atoms with E-state index >= 15 is 0 Å². The molecule has 1 fully saturated rings. The van der Waals surface area contributed by atoms with E-state index in [2.05, 4.69) is 0 Å². The van der Waals surface area contributed by atoms with Crippen LogP contribution in [0.25, 0.3) is 0 Å². The number of hydrogen-bond donors (Lipinski definition) is 0. The third-order valence-corrected chi connectivity index (χ3v) is 2.88. The largest absolute Gasteiger partial charge is 0.334 e.